The van der Waals surface area contributed by atoms with Gasteiger partial charge in [0.2, 0.25) is 0 Å². The largest absolute Gasteiger partial charge is 0.486 e. The number of nitrogens with one attached hydrogen (secondary N) is 1. The quantitative estimate of drug-likeness (QED) is 0.518. The molecular formula is C20H21N7O2. The summed E-state index contributed by atoms with van der Waals surface area (Å²) in [5, 5.41) is 14.4. The van der Waals surface area contributed by atoms with Gasteiger partial charge in [-0.3, -0.25) is 4.79 Å². The van der Waals surface area contributed by atoms with Crippen molar-refractivity contribution in [1.29, 1.82) is 0 Å². The third-order valence-electron chi connectivity index (χ3n) is 4.66. The van der Waals surface area contributed by atoms with E-state index in [1.165, 1.54) is 0 Å². The van der Waals surface area contributed by atoms with Gasteiger partial charge in [0.25, 0.3) is 5.91 Å². The molecule has 0 aliphatic carbocycles. The molecule has 0 bridgehead atoms. The molecule has 0 saturated carbocycles. The second-order valence-electron chi connectivity index (χ2n) is 6.49. The van der Waals surface area contributed by atoms with E-state index in [2.05, 4.69) is 25.8 Å². The van der Waals surface area contributed by atoms with E-state index in [4.69, 9.17) is 4.74 Å². The summed E-state index contributed by atoms with van der Waals surface area (Å²) in [5.74, 6) is 1.80. The summed E-state index contributed by atoms with van der Waals surface area (Å²) in [5.41, 5.74) is 2.45. The van der Waals surface area contributed by atoms with E-state index < -0.39 is 0 Å². The van der Waals surface area contributed by atoms with E-state index in [0.717, 1.165) is 16.9 Å². The lowest BCUT2D eigenvalue weighted by molar-refractivity contribution is 0.0949. The molecule has 0 aliphatic rings. The standard InChI is InChI=1S/C20H21N7O2/c1-3-27-19(23-24-25-27)13-29-15-8-6-7-14(11-15)20(28)21-12-18-22-16-9-4-5-10-17(16)26(18)2/h4-11H,3,12-13H2,1-2H3,(H,21,28). The fraction of sp³-hybridized carbons (Fsp3) is 0.250. The number of hydrogen-bond acceptors (Lipinski definition) is 6. The number of aryl methyl sites for hydroxylation is 2. The number of aromatic nitrogens is 6. The minimum absolute atomic E-state index is 0.194. The van der Waals surface area contributed by atoms with Gasteiger partial charge in [-0.2, -0.15) is 0 Å². The molecule has 2 heterocycles. The average Bonchev–Trinajstić information content (AvgIpc) is 3.35. The Morgan fingerprint density at radius 2 is 2.00 bits per heavy atom. The van der Waals surface area contributed by atoms with Gasteiger partial charge < -0.3 is 14.6 Å². The van der Waals surface area contributed by atoms with Gasteiger partial charge in [0.15, 0.2) is 5.82 Å². The van der Waals surface area contributed by atoms with Gasteiger partial charge in [0, 0.05) is 19.2 Å². The van der Waals surface area contributed by atoms with Crippen molar-refractivity contribution in [1.82, 2.24) is 35.1 Å². The Hall–Kier alpha value is -3.75. The fourth-order valence-electron chi connectivity index (χ4n) is 3.06. The number of nitrogens with zero attached hydrogens (tertiary/aromatic N) is 6. The summed E-state index contributed by atoms with van der Waals surface area (Å²) < 4.78 is 9.39. The minimum atomic E-state index is -0.194. The van der Waals surface area contributed by atoms with Gasteiger partial charge >= 0.3 is 0 Å². The molecule has 4 rings (SSSR count). The van der Waals surface area contributed by atoms with Crippen molar-refractivity contribution < 1.29 is 9.53 Å². The van der Waals surface area contributed by atoms with E-state index in [9.17, 15) is 4.79 Å². The van der Waals surface area contributed by atoms with Crippen LogP contribution < -0.4 is 10.1 Å². The van der Waals surface area contributed by atoms with Gasteiger partial charge in [-0.15, -0.1) is 5.10 Å². The number of hydrogen-bond donors (Lipinski definition) is 1. The number of imidazole rings is 1. The second-order valence-corrected chi connectivity index (χ2v) is 6.49. The first-order valence-electron chi connectivity index (χ1n) is 9.32. The lowest BCUT2D eigenvalue weighted by Gasteiger charge is -2.09. The number of carbonyl (C=O) groups is 1. The van der Waals surface area contributed by atoms with Crippen LogP contribution in [-0.4, -0.2) is 35.7 Å². The van der Waals surface area contributed by atoms with E-state index in [1.54, 1.807) is 28.9 Å². The summed E-state index contributed by atoms with van der Waals surface area (Å²) in [6, 6.07) is 14.9. The number of benzene rings is 2. The molecule has 9 heteroatoms. The highest BCUT2D eigenvalue weighted by Crippen LogP contribution is 2.16. The van der Waals surface area contributed by atoms with Gasteiger partial charge in [0.05, 0.1) is 17.6 Å². The Morgan fingerprint density at radius 3 is 2.83 bits per heavy atom. The first-order valence-corrected chi connectivity index (χ1v) is 9.32. The Balaban J connectivity index is 1.41. The fourth-order valence-corrected chi connectivity index (χ4v) is 3.06. The zero-order valence-electron chi connectivity index (χ0n) is 16.2. The van der Waals surface area contributed by atoms with Crippen molar-refractivity contribution in [2.24, 2.45) is 7.05 Å². The topological polar surface area (TPSA) is 99.8 Å². The summed E-state index contributed by atoms with van der Waals surface area (Å²) in [6.07, 6.45) is 0. The van der Waals surface area contributed by atoms with Crippen LogP contribution in [0.3, 0.4) is 0 Å². The van der Waals surface area contributed by atoms with Crippen molar-refractivity contribution in [2.45, 2.75) is 26.6 Å². The van der Waals surface area contributed by atoms with Crippen LogP contribution in [0.25, 0.3) is 11.0 Å². The SMILES string of the molecule is CCn1nnnc1COc1cccc(C(=O)NCc2nc3ccccc3n2C)c1. The maximum atomic E-state index is 12.6. The molecule has 1 N–H and O–H groups in total. The predicted molar refractivity (Wildman–Crippen MR) is 106 cm³/mol. The Bertz CT molecular complexity index is 1150. The van der Waals surface area contributed by atoms with E-state index in [1.807, 2.05) is 42.8 Å². The number of tetrazole rings is 1. The molecule has 9 nitrogen and oxygen atoms in total. The maximum absolute atomic E-state index is 12.6. The van der Waals surface area contributed by atoms with E-state index in [0.29, 0.717) is 30.2 Å². The van der Waals surface area contributed by atoms with Crippen molar-refractivity contribution in [3.05, 3.63) is 65.7 Å². The van der Waals surface area contributed by atoms with Crippen molar-refractivity contribution >= 4 is 16.9 Å². The highest BCUT2D eigenvalue weighted by molar-refractivity contribution is 5.94. The number of para-hydroxylation sites is 2. The minimum Gasteiger partial charge on any atom is -0.486 e. The number of ether oxygens (including phenoxy) is 1. The first-order chi connectivity index (χ1) is 14.2. The molecule has 0 aliphatic heterocycles. The number of rotatable bonds is 7. The molecule has 0 unspecified atom stereocenters. The van der Waals surface area contributed by atoms with Crippen molar-refractivity contribution in [3.8, 4) is 5.75 Å². The normalized spacial score (nSPS) is 11.0. The van der Waals surface area contributed by atoms with Gasteiger partial charge in [-0.25, -0.2) is 9.67 Å². The van der Waals surface area contributed by atoms with Gasteiger partial charge in [0.1, 0.15) is 18.2 Å². The van der Waals surface area contributed by atoms with Crippen LogP contribution in [0.5, 0.6) is 5.75 Å². The van der Waals surface area contributed by atoms with Crippen molar-refractivity contribution in [2.75, 3.05) is 0 Å². The summed E-state index contributed by atoms with van der Waals surface area (Å²) >= 11 is 0. The lowest BCUT2D eigenvalue weighted by Crippen LogP contribution is -2.24. The molecule has 0 radical (unpaired) electrons. The molecule has 0 saturated heterocycles. The molecule has 0 spiro atoms. The van der Waals surface area contributed by atoms with Crippen LogP contribution in [-0.2, 0) is 26.7 Å². The number of carbonyl (C=O) groups excluding carboxylic acids is 1. The van der Waals surface area contributed by atoms with Crippen LogP contribution >= 0.6 is 0 Å². The molecule has 148 valence electrons. The molecule has 0 fully saturated rings. The second kappa shape index (κ2) is 8.09. The third kappa shape index (κ3) is 3.93. The molecule has 29 heavy (non-hydrogen) atoms. The van der Waals surface area contributed by atoms with Crippen LogP contribution in [0.2, 0.25) is 0 Å². The summed E-state index contributed by atoms with van der Waals surface area (Å²) in [4.78, 5) is 17.2. The van der Waals surface area contributed by atoms with Crippen LogP contribution in [0, 0.1) is 0 Å². The zero-order valence-corrected chi connectivity index (χ0v) is 16.2. The predicted octanol–water partition coefficient (Wildman–Crippen LogP) is 2.09. The molecule has 2 aromatic heterocycles. The number of amides is 1. The molecule has 0 atom stereocenters. The molecule has 1 amide bonds. The Kier molecular flexibility index (Phi) is 5.19. The lowest BCUT2D eigenvalue weighted by atomic mass is 10.2. The maximum Gasteiger partial charge on any atom is 0.251 e. The summed E-state index contributed by atoms with van der Waals surface area (Å²) in [6.45, 7) is 3.18. The molecular weight excluding hydrogens is 370 g/mol. The highest BCUT2D eigenvalue weighted by Gasteiger charge is 2.11. The smallest absolute Gasteiger partial charge is 0.251 e. The average molecular weight is 391 g/mol. The molecule has 2 aromatic carbocycles. The third-order valence-corrected chi connectivity index (χ3v) is 4.66. The van der Waals surface area contributed by atoms with Crippen molar-refractivity contribution in [3.63, 3.8) is 0 Å². The van der Waals surface area contributed by atoms with E-state index in [-0.39, 0.29) is 12.5 Å². The zero-order chi connectivity index (χ0) is 20.2. The van der Waals surface area contributed by atoms with Crippen LogP contribution in [0.15, 0.2) is 48.5 Å². The van der Waals surface area contributed by atoms with Crippen LogP contribution in [0.4, 0.5) is 0 Å². The summed E-state index contributed by atoms with van der Waals surface area (Å²) in [7, 11) is 1.94. The van der Waals surface area contributed by atoms with Crippen LogP contribution in [0.1, 0.15) is 28.9 Å². The van der Waals surface area contributed by atoms with Gasteiger partial charge in [-0.05, 0) is 47.7 Å². The highest BCUT2D eigenvalue weighted by atomic mass is 16.5. The number of fused-ring (bicyclic) bond motifs is 1. The van der Waals surface area contributed by atoms with Gasteiger partial charge in [-0.1, -0.05) is 18.2 Å². The van der Waals surface area contributed by atoms with E-state index >= 15 is 0 Å². The Labute approximate surface area is 167 Å². The Morgan fingerprint density at radius 1 is 1.14 bits per heavy atom. The first kappa shape index (κ1) is 18.6. The monoisotopic (exact) mass is 391 g/mol. The molecule has 4 aromatic rings.